The van der Waals surface area contributed by atoms with Crippen LogP contribution in [-0.4, -0.2) is 22.1 Å². The molecule has 0 radical (unpaired) electrons. The molecule has 21 heavy (non-hydrogen) atoms. The fourth-order valence-corrected chi connectivity index (χ4v) is 2.93. The van der Waals surface area contributed by atoms with Gasteiger partial charge in [0.1, 0.15) is 6.10 Å². The molecular formula is C16H14N2O2S. The van der Waals surface area contributed by atoms with Crippen LogP contribution in [0.15, 0.2) is 47.2 Å². The molecule has 0 bridgehead atoms. The number of fused-ring (bicyclic) bond motifs is 1. The van der Waals surface area contributed by atoms with Crippen molar-refractivity contribution in [3.05, 3.63) is 52.7 Å². The van der Waals surface area contributed by atoms with Crippen molar-refractivity contribution < 1.29 is 9.90 Å². The molecule has 1 unspecified atom stereocenters. The summed E-state index contributed by atoms with van der Waals surface area (Å²) in [7, 11) is 0. The Labute approximate surface area is 125 Å². The Kier molecular flexibility index (Phi) is 3.68. The summed E-state index contributed by atoms with van der Waals surface area (Å²) in [6.45, 7) is 0. The van der Waals surface area contributed by atoms with E-state index in [4.69, 9.17) is 5.73 Å². The molecule has 3 rings (SSSR count). The predicted molar refractivity (Wildman–Crippen MR) is 84.0 cm³/mol. The third-order valence-corrected chi connectivity index (χ3v) is 4.04. The van der Waals surface area contributed by atoms with Crippen molar-refractivity contribution >= 4 is 28.1 Å². The number of primary amides is 1. The third kappa shape index (κ3) is 2.79. The average Bonchev–Trinajstić information content (AvgIpc) is 3.01. The van der Waals surface area contributed by atoms with Crippen molar-refractivity contribution in [2.45, 2.75) is 12.5 Å². The van der Waals surface area contributed by atoms with E-state index >= 15 is 0 Å². The number of pyridine rings is 1. The van der Waals surface area contributed by atoms with Gasteiger partial charge in [0, 0.05) is 22.8 Å². The number of carbonyl (C=O) groups is 1. The lowest BCUT2D eigenvalue weighted by atomic mass is 10.0. The minimum absolute atomic E-state index is 0.190. The molecule has 4 nitrogen and oxygen atoms in total. The summed E-state index contributed by atoms with van der Waals surface area (Å²) < 4.78 is 0. The number of hydrogen-bond donors (Lipinski definition) is 2. The molecule has 3 aromatic rings. The maximum Gasteiger partial charge on any atom is 0.246 e. The first-order valence-electron chi connectivity index (χ1n) is 6.54. The number of thiophene rings is 1. The minimum Gasteiger partial charge on any atom is -0.383 e. The van der Waals surface area contributed by atoms with E-state index in [1.807, 2.05) is 47.2 Å². The molecule has 1 atom stereocenters. The maximum atomic E-state index is 11.1. The Morgan fingerprint density at radius 2 is 2.14 bits per heavy atom. The van der Waals surface area contributed by atoms with Crippen LogP contribution in [-0.2, 0) is 11.2 Å². The van der Waals surface area contributed by atoms with E-state index < -0.39 is 12.0 Å². The largest absolute Gasteiger partial charge is 0.383 e. The highest BCUT2D eigenvalue weighted by molar-refractivity contribution is 7.08. The minimum atomic E-state index is -1.19. The van der Waals surface area contributed by atoms with Gasteiger partial charge in [0.25, 0.3) is 0 Å². The molecule has 0 saturated heterocycles. The zero-order valence-electron chi connectivity index (χ0n) is 11.2. The molecule has 0 aliphatic carbocycles. The molecule has 0 aliphatic heterocycles. The second kappa shape index (κ2) is 5.63. The van der Waals surface area contributed by atoms with E-state index in [9.17, 15) is 9.90 Å². The number of hydrogen-bond acceptors (Lipinski definition) is 4. The Morgan fingerprint density at radius 1 is 1.33 bits per heavy atom. The van der Waals surface area contributed by atoms with E-state index in [2.05, 4.69) is 4.98 Å². The van der Waals surface area contributed by atoms with Gasteiger partial charge >= 0.3 is 0 Å². The van der Waals surface area contributed by atoms with Crippen LogP contribution in [0.5, 0.6) is 0 Å². The summed E-state index contributed by atoms with van der Waals surface area (Å²) in [5.41, 5.74) is 8.73. The zero-order valence-corrected chi connectivity index (χ0v) is 12.0. The first-order chi connectivity index (χ1) is 10.1. The second-order valence-electron chi connectivity index (χ2n) is 4.82. The summed E-state index contributed by atoms with van der Waals surface area (Å²) in [5.74, 6) is -0.715. The van der Waals surface area contributed by atoms with Gasteiger partial charge in [-0.15, -0.1) is 0 Å². The molecule has 1 aromatic carbocycles. The average molecular weight is 298 g/mol. The number of benzene rings is 1. The van der Waals surface area contributed by atoms with Crippen molar-refractivity contribution in [1.29, 1.82) is 0 Å². The predicted octanol–water partition coefficient (Wildman–Crippen LogP) is 2.35. The Bertz CT molecular complexity index is 784. The summed E-state index contributed by atoms with van der Waals surface area (Å²) in [5, 5.41) is 14.7. The van der Waals surface area contributed by atoms with Crippen molar-refractivity contribution in [1.82, 2.24) is 4.98 Å². The number of nitrogens with zero attached hydrogens (tertiary/aromatic N) is 1. The molecule has 5 heteroatoms. The topological polar surface area (TPSA) is 76.2 Å². The van der Waals surface area contributed by atoms with Crippen molar-refractivity contribution in [2.75, 3.05) is 0 Å². The Balaban J connectivity index is 2.14. The smallest absolute Gasteiger partial charge is 0.246 e. The van der Waals surface area contributed by atoms with Crippen LogP contribution in [0.4, 0.5) is 0 Å². The molecule has 3 N–H and O–H groups in total. The molecule has 2 aromatic heterocycles. The van der Waals surface area contributed by atoms with Gasteiger partial charge in [0.05, 0.1) is 11.2 Å². The van der Waals surface area contributed by atoms with Gasteiger partial charge in [-0.3, -0.25) is 4.79 Å². The van der Waals surface area contributed by atoms with Crippen molar-refractivity contribution in [3.8, 4) is 11.3 Å². The van der Waals surface area contributed by atoms with E-state index in [1.165, 1.54) is 0 Å². The number of nitrogens with two attached hydrogens (primary N) is 1. The lowest BCUT2D eigenvalue weighted by Crippen LogP contribution is -2.30. The van der Waals surface area contributed by atoms with Crippen LogP contribution >= 0.6 is 11.3 Å². The van der Waals surface area contributed by atoms with E-state index in [1.54, 1.807) is 11.3 Å². The molecule has 106 valence electrons. The van der Waals surface area contributed by atoms with Crippen LogP contribution in [0.3, 0.4) is 0 Å². The van der Waals surface area contributed by atoms with E-state index in [0.717, 1.165) is 27.7 Å². The monoisotopic (exact) mass is 298 g/mol. The third-order valence-electron chi connectivity index (χ3n) is 3.36. The first kappa shape index (κ1) is 13.7. The number of aliphatic hydroxyl groups excluding tert-OH is 1. The van der Waals surface area contributed by atoms with Crippen molar-refractivity contribution in [2.24, 2.45) is 5.73 Å². The van der Waals surface area contributed by atoms with Gasteiger partial charge in [-0.1, -0.05) is 18.2 Å². The normalized spacial score (nSPS) is 12.4. The number of carbonyl (C=O) groups excluding carboxylic acids is 1. The Hall–Kier alpha value is -2.24. The fourth-order valence-electron chi connectivity index (χ4n) is 2.28. The number of aromatic nitrogens is 1. The highest BCUT2D eigenvalue weighted by atomic mass is 32.1. The molecule has 0 spiro atoms. The molecule has 0 aliphatic rings. The highest BCUT2D eigenvalue weighted by Crippen LogP contribution is 2.27. The maximum absolute atomic E-state index is 11.1. The van der Waals surface area contributed by atoms with Gasteiger partial charge in [-0.2, -0.15) is 11.3 Å². The number of aliphatic hydroxyl groups is 1. The fraction of sp³-hybridized carbons (Fsp3) is 0.125. The van der Waals surface area contributed by atoms with Crippen molar-refractivity contribution in [3.63, 3.8) is 0 Å². The molecule has 2 heterocycles. The van der Waals surface area contributed by atoms with Crippen LogP contribution in [0, 0.1) is 0 Å². The van der Waals surface area contributed by atoms with Crippen LogP contribution < -0.4 is 5.73 Å². The molecular weight excluding hydrogens is 284 g/mol. The SMILES string of the molecule is NC(=O)C(O)Cc1cc(-c2ccsc2)nc2ccccc12. The summed E-state index contributed by atoms with van der Waals surface area (Å²) >= 11 is 1.60. The lowest BCUT2D eigenvalue weighted by molar-refractivity contribution is -0.125. The standard InChI is InChI=1S/C16H14N2O2S/c17-16(20)15(19)8-11-7-14(10-5-6-21-9-10)18-13-4-2-1-3-12(11)13/h1-7,9,15,19H,8H2,(H2,17,20). The van der Waals surface area contributed by atoms with Crippen LogP contribution in [0.2, 0.25) is 0 Å². The molecule has 1 amide bonds. The number of para-hydroxylation sites is 1. The van der Waals surface area contributed by atoms with Gasteiger partial charge in [-0.25, -0.2) is 4.98 Å². The molecule has 0 saturated carbocycles. The van der Waals surface area contributed by atoms with Crippen LogP contribution in [0.25, 0.3) is 22.2 Å². The first-order valence-corrected chi connectivity index (χ1v) is 7.48. The number of rotatable bonds is 4. The van der Waals surface area contributed by atoms with E-state index in [-0.39, 0.29) is 6.42 Å². The summed E-state index contributed by atoms with van der Waals surface area (Å²) in [6.07, 6.45) is -0.999. The Morgan fingerprint density at radius 3 is 2.86 bits per heavy atom. The van der Waals surface area contributed by atoms with Gasteiger partial charge < -0.3 is 10.8 Å². The second-order valence-corrected chi connectivity index (χ2v) is 5.60. The van der Waals surface area contributed by atoms with Gasteiger partial charge in [-0.05, 0) is 29.1 Å². The number of amides is 1. The zero-order chi connectivity index (χ0) is 14.8. The quantitative estimate of drug-likeness (QED) is 0.776. The highest BCUT2D eigenvalue weighted by Gasteiger charge is 2.15. The lowest BCUT2D eigenvalue weighted by Gasteiger charge is -2.11. The summed E-state index contributed by atoms with van der Waals surface area (Å²) in [6, 6.07) is 11.6. The van der Waals surface area contributed by atoms with E-state index in [0.29, 0.717) is 0 Å². The van der Waals surface area contributed by atoms with Gasteiger partial charge in [0.15, 0.2) is 0 Å². The van der Waals surface area contributed by atoms with Gasteiger partial charge in [0.2, 0.25) is 5.91 Å². The summed E-state index contributed by atoms with van der Waals surface area (Å²) in [4.78, 5) is 15.8. The van der Waals surface area contributed by atoms with Crippen LogP contribution in [0.1, 0.15) is 5.56 Å². The molecule has 0 fully saturated rings.